The fourth-order valence-electron chi connectivity index (χ4n) is 2.08. The van der Waals surface area contributed by atoms with Crippen LogP contribution in [0.2, 0.25) is 0 Å². The summed E-state index contributed by atoms with van der Waals surface area (Å²) in [5.41, 5.74) is 8.41. The first-order chi connectivity index (χ1) is 9.65. The van der Waals surface area contributed by atoms with Gasteiger partial charge in [0, 0.05) is 10.9 Å². The van der Waals surface area contributed by atoms with Crippen molar-refractivity contribution in [3.63, 3.8) is 0 Å². The Kier molecular flexibility index (Phi) is 5.62. The van der Waals surface area contributed by atoms with E-state index in [0.29, 0.717) is 0 Å². The lowest BCUT2D eigenvalue weighted by Gasteiger charge is -2.11. The van der Waals surface area contributed by atoms with E-state index in [1.807, 2.05) is 11.8 Å². The smallest absolute Gasteiger partial charge is 0.123 e. The Hall–Kier alpha value is -1.32. The molecule has 20 heavy (non-hydrogen) atoms. The Bertz CT molecular complexity index is 539. The summed E-state index contributed by atoms with van der Waals surface area (Å²) in [4.78, 5) is 1.31. The van der Waals surface area contributed by atoms with Gasteiger partial charge in [0.25, 0.3) is 0 Å². The average Bonchev–Trinajstić information content (AvgIpc) is 2.44. The third-order valence-corrected chi connectivity index (χ3v) is 4.30. The molecule has 3 heteroatoms. The number of hydrogen-bond donors (Lipinski definition) is 1. The third-order valence-electron chi connectivity index (χ3n) is 3.22. The van der Waals surface area contributed by atoms with Crippen molar-refractivity contribution in [2.24, 2.45) is 5.73 Å². The third kappa shape index (κ3) is 4.66. The summed E-state index contributed by atoms with van der Waals surface area (Å²) in [5.74, 6) is 0.842. The number of benzene rings is 2. The minimum absolute atomic E-state index is 0.00582. The highest BCUT2D eigenvalue weighted by Crippen LogP contribution is 2.22. The summed E-state index contributed by atoms with van der Waals surface area (Å²) in [6, 6.07) is 15.0. The van der Waals surface area contributed by atoms with Crippen molar-refractivity contribution in [1.29, 1.82) is 0 Å². The van der Waals surface area contributed by atoms with Gasteiger partial charge in [-0.3, -0.25) is 0 Å². The number of halogens is 1. The molecule has 0 heterocycles. The van der Waals surface area contributed by atoms with Gasteiger partial charge in [-0.2, -0.15) is 0 Å². The van der Waals surface area contributed by atoms with E-state index in [0.717, 1.165) is 24.2 Å². The topological polar surface area (TPSA) is 26.0 Å². The molecular weight excluding hydrogens is 269 g/mol. The summed E-state index contributed by atoms with van der Waals surface area (Å²) in [7, 11) is 0. The zero-order chi connectivity index (χ0) is 14.4. The standard InChI is InChI=1S/C17H20FNS/c1-13-4-2-5-16(12-13)20-11-3-6-17(19)14-7-9-15(18)10-8-14/h2,4-5,7-10,12,17H,3,6,11,19H2,1H3. The van der Waals surface area contributed by atoms with Crippen LogP contribution in [-0.2, 0) is 0 Å². The normalized spacial score (nSPS) is 12.3. The molecule has 2 N–H and O–H groups in total. The monoisotopic (exact) mass is 289 g/mol. The van der Waals surface area contributed by atoms with Crippen LogP contribution in [0.25, 0.3) is 0 Å². The summed E-state index contributed by atoms with van der Waals surface area (Å²) < 4.78 is 12.8. The lowest BCUT2D eigenvalue weighted by molar-refractivity contribution is 0.617. The van der Waals surface area contributed by atoms with Crippen LogP contribution in [0.5, 0.6) is 0 Å². The summed E-state index contributed by atoms with van der Waals surface area (Å²) in [6.07, 6.45) is 1.97. The maximum Gasteiger partial charge on any atom is 0.123 e. The average molecular weight is 289 g/mol. The Morgan fingerprint density at radius 3 is 2.60 bits per heavy atom. The van der Waals surface area contributed by atoms with Gasteiger partial charge in [0.15, 0.2) is 0 Å². The van der Waals surface area contributed by atoms with Crippen LogP contribution in [0.3, 0.4) is 0 Å². The maximum absolute atomic E-state index is 12.8. The van der Waals surface area contributed by atoms with Gasteiger partial charge in [-0.05, 0) is 55.3 Å². The first-order valence-electron chi connectivity index (χ1n) is 6.85. The van der Waals surface area contributed by atoms with Crippen LogP contribution in [0, 0.1) is 12.7 Å². The molecule has 2 aromatic carbocycles. The van der Waals surface area contributed by atoms with Crippen LogP contribution in [0.4, 0.5) is 4.39 Å². The highest BCUT2D eigenvalue weighted by Gasteiger charge is 2.06. The molecule has 0 aromatic heterocycles. The molecule has 1 atom stereocenters. The lowest BCUT2D eigenvalue weighted by atomic mass is 10.0. The SMILES string of the molecule is Cc1cccc(SCCCC(N)c2ccc(F)cc2)c1. The number of rotatable bonds is 6. The largest absolute Gasteiger partial charge is 0.324 e. The Morgan fingerprint density at radius 2 is 1.90 bits per heavy atom. The molecule has 0 fully saturated rings. The maximum atomic E-state index is 12.8. The minimum Gasteiger partial charge on any atom is -0.324 e. The lowest BCUT2D eigenvalue weighted by Crippen LogP contribution is -2.10. The van der Waals surface area contributed by atoms with Gasteiger partial charge in [0.1, 0.15) is 5.82 Å². The van der Waals surface area contributed by atoms with E-state index in [2.05, 4.69) is 31.2 Å². The molecule has 0 amide bonds. The number of thioether (sulfide) groups is 1. The number of hydrogen-bond acceptors (Lipinski definition) is 2. The molecule has 0 aliphatic rings. The van der Waals surface area contributed by atoms with Crippen molar-refractivity contribution < 1.29 is 4.39 Å². The highest BCUT2D eigenvalue weighted by molar-refractivity contribution is 7.99. The van der Waals surface area contributed by atoms with Crippen molar-refractivity contribution in [3.05, 3.63) is 65.5 Å². The van der Waals surface area contributed by atoms with E-state index in [1.165, 1.54) is 22.6 Å². The first kappa shape index (κ1) is 15.1. The van der Waals surface area contributed by atoms with Gasteiger partial charge >= 0.3 is 0 Å². The van der Waals surface area contributed by atoms with Crippen LogP contribution in [0.1, 0.15) is 30.0 Å². The van der Waals surface area contributed by atoms with Crippen LogP contribution in [0.15, 0.2) is 53.4 Å². The van der Waals surface area contributed by atoms with Gasteiger partial charge in [0.05, 0.1) is 0 Å². The summed E-state index contributed by atoms with van der Waals surface area (Å²) in [5, 5.41) is 0. The fourth-order valence-corrected chi connectivity index (χ4v) is 3.07. The first-order valence-corrected chi connectivity index (χ1v) is 7.84. The highest BCUT2D eigenvalue weighted by atomic mass is 32.2. The molecule has 0 aliphatic heterocycles. The van der Waals surface area contributed by atoms with Crippen molar-refractivity contribution in [3.8, 4) is 0 Å². The van der Waals surface area contributed by atoms with Crippen molar-refractivity contribution in [1.82, 2.24) is 0 Å². The molecule has 2 rings (SSSR count). The molecule has 0 saturated heterocycles. The number of aryl methyl sites for hydroxylation is 1. The number of nitrogens with two attached hydrogens (primary N) is 1. The van der Waals surface area contributed by atoms with E-state index in [1.54, 1.807) is 12.1 Å². The minimum atomic E-state index is -0.212. The van der Waals surface area contributed by atoms with Crippen LogP contribution >= 0.6 is 11.8 Å². The molecule has 0 spiro atoms. The molecule has 0 aliphatic carbocycles. The van der Waals surface area contributed by atoms with Crippen molar-refractivity contribution in [2.45, 2.75) is 30.7 Å². The second-order valence-electron chi connectivity index (χ2n) is 4.97. The van der Waals surface area contributed by atoms with E-state index in [4.69, 9.17) is 5.73 Å². The Labute approximate surface area is 124 Å². The van der Waals surface area contributed by atoms with Gasteiger partial charge in [0.2, 0.25) is 0 Å². The van der Waals surface area contributed by atoms with Crippen molar-refractivity contribution in [2.75, 3.05) is 5.75 Å². The Balaban J connectivity index is 1.74. The van der Waals surface area contributed by atoms with Gasteiger partial charge in [-0.15, -0.1) is 11.8 Å². The molecule has 1 nitrogen and oxygen atoms in total. The molecule has 0 radical (unpaired) electrons. The zero-order valence-electron chi connectivity index (χ0n) is 11.7. The summed E-state index contributed by atoms with van der Waals surface area (Å²) >= 11 is 1.86. The molecule has 0 bridgehead atoms. The molecule has 2 aromatic rings. The van der Waals surface area contributed by atoms with E-state index < -0.39 is 0 Å². The van der Waals surface area contributed by atoms with E-state index in [9.17, 15) is 4.39 Å². The second kappa shape index (κ2) is 7.46. The molecule has 106 valence electrons. The Morgan fingerprint density at radius 1 is 1.15 bits per heavy atom. The van der Waals surface area contributed by atoms with Gasteiger partial charge in [-0.25, -0.2) is 4.39 Å². The quantitative estimate of drug-likeness (QED) is 0.616. The van der Waals surface area contributed by atoms with Crippen LogP contribution in [-0.4, -0.2) is 5.75 Å². The predicted octanol–water partition coefficient (Wildman–Crippen LogP) is 4.71. The molecule has 0 saturated carbocycles. The van der Waals surface area contributed by atoms with Crippen molar-refractivity contribution >= 4 is 11.8 Å². The molecular formula is C17H20FNS. The van der Waals surface area contributed by atoms with E-state index >= 15 is 0 Å². The van der Waals surface area contributed by atoms with Gasteiger partial charge < -0.3 is 5.73 Å². The van der Waals surface area contributed by atoms with Crippen LogP contribution < -0.4 is 5.73 Å². The predicted molar refractivity (Wildman–Crippen MR) is 84.5 cm³/mol. The van der Waals surface area contributed by atoms with E-state index in [-0.39, 0.29) is 11.9 Å². The van der Waals surface area contributed by atoms with Gasteiger partial charge in [-0.1, -0.05) is 29.8 Å². The zero-order valence-corrected chi connectivity index (χ0v) is 12.5. The second-order valence-corrected chi connectivity index (χ2v) is 6.13. The summed E-state index contributed by atoms with van der Waals surface area (Å²) in [6.45, 7) is 2.11. The molecule has 1 unspecified atom stereocenters. The fraction of sp³-hybridized carbons (Fsp3) is 0.294.